The van der Waals surface area contributed by atoms with E-state index in [1.807, 2.05) is 45.4 Å². The van der Waals surface area contributed by atoms with E-state index in [1.165, 1.54) is 17.9 Å². The lowest BCUT2D eigenvalue weighted by Gasteiger charge is -2.14. The number of rotatable bonds is 4. The number of aromatic nitrogens is 2. The number of benzene rings is 1. The van der Waals surface area contributed by atoms with Gasteiger partial charge in [0.05, 0.1) is 11.3 Å². The van der Waals surface area contributed by atoms with Crippen LogP contribution in [-0.4, -0.2) is 64.9 Å². The van der Waals surface area contributed by atoms with Gasteiger partial charge in [-0.3, -0.25) is 9.59 Å². The van der Waals surface area contributed by atoms with Crippen LogP contribution in [0.15, 0.2) is 30.9 Å². The number of aryl methyl sites for hydroxylation is 1. The van der Waals surface area contributed by atoms with Crippen LogP contribution in [0.4, 0.5) is 4.39 Å². The zero-order valence-corrected chi connectivity index (χ0v) is 25.5. The van der Waals surface area contributed by atoms with Gasteiger partial charge in [-0.1, -0.05) is 46.8 Å². The van der Waals surface area contributed by atoms with Crippen molar-refractivity contribution >= 4 is 11.8 Å². The highest BCUT2D eigenvalue weighted by Gasteiger charge is 2.27. The molecule has 0 spiro atoms. The maximum atomic E-state index is 14.6. The fourth-order valence-corrected chi connectivity index (χ4v) is 3.24. The van der Waals surface area contributed by atoms with E-state index < -0.39 is 0 Å². The monoisotopic (exact) mass is 531 g/mol. The second-order valence-corrected chi connectivity index (χ2v) is 10.1. The van der Waals surface area contributed by atoms with Crippen LogP contribution in [0.25, 0.3) is 11.4 Å². The Morgan fingerprint density at radius 2 is 1.71 bits per heavy atom. The highest BCUT2D eigenvalue weighted by Crippen LogP contribution is 2.28. The maximum absolute atomic E-state index is 14.6. The number of hydrogen-bond acceptors (Lipinski definition) is 4. The molecule has 1 aromatic heterocycles. The molecule has 1 aromatic carbocycles. The Labute approximate surface area is 230 Å². The molecular weight excluding hydrogens is 481 g/mol. The number of nitrogens with zero attached hydrogens (tertiary/aromatic N) is 4. The molecule has 8 heteroatoms. The van der Waals surface area contributed by atoms with Crippen LogP contribution in [-0.2, 0) is 17.9 Å². The van der Waals surface area contributed by atoms with Crippen LogP contribution in [0.3, 0.4) is 0 Å². The molecule has 1 atom stereocenters. The topological polar surface area (TPSA) is 70.5 Å². The number of carbonyl (C=O) groups is 2. The average molecular weight is 532 g/mol. The summed E-state index contributed by atoms with van der Waals surface area (Å²) < 4.78 is 16.6. The van der Waals surface area contributed by atoms with Crippen molar-refractivity contribution in [2.75, 3.05) is 27.7 Å². The van der Waals surface area contributed by atoms with E-state index in [-0.39, 0.29) is 23.7 Å². The van der Waals surface area contributed by atoms with Gasteiger partial charge in [0.15, 0.2) is 5.69 Å². The van der Waals surface area contributed by atoms with Gasteiger partial charge in [0.2, 0.25) is 5.91 Å². The van der Waals surface area contributed by atoms with Crippen LogP contribution in [0, 0.1) is 18.7 Å². The normalized spacial score (nSPS) is 13.2. The van der Waals surface area contributed by atoms with Crippen molar-refractivity contribution < 1.29 is 14.0 Å². The summed E-state index contributed by atoms with van der Waals surface area (Å²) in [4.78, 5) is 31.1. The minimum atomic E-state index is -0.318. The van der Waals surface area contributed by atoms with E-state index in [0.717, 1.165) is 30.1 Å². The molecule has 214 valence electrons. The molecule has 0 radical (unpaired) electrons. The molecule has 3 rings (SSSR count). The van der Waals surface area contributed by atoms with Gasteiger partial charge in [-0.15, -0.1) is 6.58 Å². The van der Waals surface area contributed by atoms with Crippen LogP contribution >= 0.6 is 0 Å². The molecule has 2 heterocycles. The summed E-state index contributed by atoms with van der Waals surface area (Å²) in [5, 5.41) is 2.87. The molecule has 0 bridgehead atoms. The molecule has 0 saturated heterocycles. The van der Waals surface area contributed by atoms with Gasteiger partial charge in [-0.2, -0.15) is 0 Å². The van der Waals surface area contributed by atoms with Crippen LogP contribution in [0.2, 0.25) is 0 Å². The smallest absolute Gasteiger partial charge is 0.272 e. The van der Waals surface area contributed by atoms with Gasteiger partial charge >= 0.3 is 0 Å². The predicted molar refractivity (Wildman–Crippen MR) is 157 cm³/mol. The Morgan fingerprint density at radius 1 is 1.16 bits per heavy atom. The Balaban J connectivity index is 0.000000964. The van der Waals surface area contributed by atoms with E-state index in [2.05, 4.69) is 42.6 Å². The first-order valence-corrected chi connectivity index (χ1v) is 13.4. The minimum Gasteiger partial charge on any atom is -0.349 e. The highest BCUT2D eigenvalue weighted by molar-refractivity contribution is 5.94. The summed E-state index contributed by atoms with van der Waals surface area (Å²) in [5.74, 6) is 0.872. The first kappa shape index (κ1) is 35.0. The molecule has 0 saturated carbocycles. The standard InChI is InChI=1S/C20H25FN4O.C4H9NO.C4H10.C2H6/c1-5-14(3)22-20(26)18-17-12-24(4)9-6-10-25(17)19(23-18)15-8-7-13(2)11-16(15)21;1-4(6)5(2)3;1-4(2)3;1-2/h5,7-8,11,14H,1,6,9-10,12H2,2-4H3,(H,22,26);1-3H3;4H,1-3H3;1-2H3. The van der Waals surface area contributed by atoms with E-state index in [0.29, 0.717) is 30.2 Å². The molecule has 38 heavy (non-hydrogen) atoms. The van der Waals surface area contributed by atoms with Crippen molar-refractivity contribution in [1.29, 1.82) is 0 Å². The molecule has 7 nitrogen and oxygen atoms in total. The lowest BCUT2D eigenvalue weighted by atomic mass is 10.1. The third-order valence-electron chi connectivity index (χ3n) is 5.34. The molecule has 0 fully saturated rings. The molecule has 0 aliphatic carbocycles. The third kappa shape index (κ3) is 11.6. The van der Waals surface area contributed by atoms with Gasteiger partial charge in [-0.25, -0.2) is 9.37 Å². The summed E-state index contributed by atoms with van der Waals surface area (Å²) in [5.41, 5.74) is 2.47. The van der Waals surface area contributed by atoms with E-state index >= 15 is 0 Å². The first-order valence-electron chi connectivity index (χ1n) is 13.4. The molecule has 1 aliphatic heterocycles. The zero-order chi connectivity index (χ0) is 29.6. The Hall–Kier alpha value is -3.00. The molecular formula is C30H50FN5O2. The van der Waals surface area contributed by atoms with Crippen LogP contribution in [0.5, 0.6) is 0 Å². The van der Waals surface area contributed by atoms with Gasteiger partial charge in [0.1, 0.15) is 11.6 Å². The molecule has 2 amide bonds. The van der Waals surface area contributed by atoms with Gasteiger partial charge in [0, 0.05) is 40.2 Å². The Morgan fingerprint density at radius 3 is 2.18 bits per heavy atom. The van der Waals surface area contributed by atoms with E-state index in [1.54, 1.807) is 26.2 Å². The van der Waals surface area contributed by atoms with Crippen molar-refractivity contribution in [3.63, 3.8) is 0 Å². The fraction of sp³-hybridized carbons (Fsp3) is 0.567. The first-order chi connectivity index (χ1) is 17.8. The molecule has 1 N–H and O–H groups in total. The summed E-state index contributed by atoms with van der Waals surface area (Å²) in [6, 6.07) is 4.94. The Kier molecular flexibility index (Phi) is 16.1. The lowest BCUT2D eigenvalue weighted by Crippen LogP contribution is -2.32. The summed E-state index contributed by atoms with van der Waals surface area (Å²) >= 11 is 0. The Bertz CT molecular complexity index is 1030. The third-order valence-corrected chi connectivity index (χ3v) is 5.34. The van der Waals surface area contributed by atoms with Gasteiger partial charge in [0.25, 0.3) is 5.91 Å². The molecule has 2 aromatic rings. The highest BCUT2D eigenvalue weighted by atomic mass is 19.1. The van der Waals surface area contributed by atoms with Crippen molar-refractivity contribution in [3.05, 3.63) is 53.6 Å². The zero-order valence-electron chi connectivity index (χ0n) is 25.5. The largest absolute Gasteiger partial charge is 0.349 e. The fourth-order valence-electron chi connectivity index (χ4n) is 3.24. The van der Waals surface area contributed by atoms with E-state index in [4.69, 9.17) is 0 Å². The average Bonchev–Trinajstić information content (AvgIpc) is 3.06. The molecule has 1 aliphatic rings. The van der Waals surface area contributed by atoms with Crippen molar-refractivity contribution in [2.45, 2.75) is 80.9 Å². The number of carbonyl (C=O) groups excluding carboxylic acids is 2. The summed E-state index contributed by atoms with van der Waals surface area (Å²) in [6.07, 6.45) is 2.59. The second-order valence-electron chi connectivity index (χ2n) is 10.1. The number of fused-ring (bicyclic) bond motifs is 1. The quantitative estimate of drug-likeness (QED) is 0.497. The number of imidazole rings is 1. The number of amides is 2. The SMILES string of the molecule is C=CC(C)NC(=O)c1nc(-c2ccc(C)cc2F)n2c1CN(C)CCC2.CC.CC(=O)N(C)C.CC(C)C. The van der Waals surface area contributed by atoms with E-state index in [9.17, 15) is 14.0 Å². The molecule has 1 unspecified atom stereocenters. The van der Waals surface area contributed by atoms with Gasteiger partial charge in [-0.05, 0) is 57.5 Å². The lowest BCUT2D eigenvalue weighted by molar-refractivity contribution is -0.126. The maximum Gasteiger partial charge on any atom is 0.272 e. The predicted octanol–water partition coefficient (Wildman–Crippen LogP) is 5.92. The number of nitrogens with one attached hydrogen (secondary N) is 1. The van der Waals surface area contributed by atoms with Gasteiger partial charge < -0.3 is 19.7 Å². The summed E-state index contributed by atoms with van der Waals surface area (Å²) in [6.45, 7) is 21.7. The minimum absolute atomic E-state index is 0.0926. The van der Waals surface area contributed by atoms with Crippen molar-refractivity contribution in [1.82, 2.24) is 24.7 Å². The van der Waals surface area contributed by atoms with Crippen molar-refractivity contribution in [2.24, 2.45) is 5.92 Å². The number of halogens is 1. The van der Waals surface area contributed by atoms with Crippen molar-refractivity contribution in [3.8, 4) is 11.4 Å². The second kappa shape index (κ2) is 17.5. The number of hydrogen-bond donors (Lipinski definition) is 1. The summed E-state index contributed by atoms with van der Waals surface area (Å²) in [7, 11) is 5.47. The van der Waals surface area contributed by atoms with Crippen LogP contribution in [0.1, 0.15) is 76.6 Å². The van der Waals surface area contributed by atoms with Crippen LogP contribution < -0.4 is 5.32 Å².